The second kappa shape index (κ2) is 4.78. The molecule has 0 N–H and O–H groups in total. The molecule has 17 heavy (non-hydrogen) atoms. The van der Waals surface area contributed by atoms with Crippen molar-refractivity contribution in [3.8, 4) is 11.1 Å². The molecule has 0 saturated heterocycles. The highest BCUT2D eigenvalue weighted by Gasteiger charge is 2.08. The zero-order valence-electron chi connectivity index (χ0n) is 9.81. The average Bonchev–Trinajstić information content (AvgIpc) is 2.38. The summed E-state index contributed by atoms with van der Waals surface area (Å²) in [4.78, 5) is 15.5. The van der Waals surface area contributed by atoms with Gasteiger partial charge in [-0.3, -0.25) is 4.98 Å². The first-order chi connectivity index (χ1) is 8.22. The van der Waals surface area contributed by atoms with Crippen molar-refractivity contribution < 1.29 is 9.53 Å². The highest BCUT2D eigenvalue weighted by molar-refractivity contribution is 5.90. The maximum Gasteiger partial charge on any atom is 0.339 e. The van der Waals surface area contributed by atoms with Gasteiger partial charge in [0.25, 0.3) is 0 Å². The SMILES string of the molecule is COC(=O)c1cncc(-c2ccccc2C)c1. The Bertz CT molecular complexity index is 549. The fourth-order valence-electron chi connectivity index (χ4n) is 1.71. The van der Waals surface area contributed by atoms with Crippen LogP contribution in [0.3, 0.4) is 0 Å². The largest absolute Gasteiger partial charge is 0.465 e. The zero-order chi connectivity index (χ0) is 12.3. The smallest absolute Gasteiger partial charge is 0.339 e. The Morgan fingerprint density at radius 2 is 2.00 bits per heavy atom. The molecule has 0 spiro atoms. The van der Waals surface area contributed by atoms with E-state index in [1.165, 1.54) is 13.3 Å². The van der Waals surface area contributed by atoms with Crippen LogP contribution in [0.25, 0.3) is 11.1 Å². The van der Waals surface area contributed by atoms with E-state index in [1.54, 1.807) is 12.3 Å². The van der Waals surface area contributed by atoms with Gasteiger partial charge in [-0.15, -0.1) is 0 Å². The molecular formula is C14H13NO2. The summed E-state index contributed by atoms with van der Waals surface area (Å²) >= 11 is 0. The number of hydrogen-bond acceptors (Lipinski definition) is 3. The Hall–Kier alpha value is -2.16. The van der Waals surface area contributed by atoms with Crippen molar-refractivity contribution in [2.75, 3.05) is 7.11 Å². The molecular weight excluding hydrogens is 214 g/mol. The third-order valence-electron chi connectivity index (χ3n) is 2.62. The van der Waals surface area contributed by atoms with E-state index >= 15 is 0 Å². The molecule has 0 bridgehead atoms. The fraction of sp³-hybridized carbons (Fsp3) is 0.143. The minimum absolute atomic E-state index is 0.368. The monoisotopic (exact) mass is 227 g/mol. The van der Waals surface area contributed by atoms with E-state index < -0.39 is 0 Å². The lowest BCUT2D eigenvalue weighted by Gasteiger charge is -2.06. The van der Waals surface area contributed by atoms with E-state index in [0.717, 1.165) is 16.7 Å². The number of esters is 1. The van der Waals surface area contributed by atoms with Crippen molar-refractivity contribution in [1.82, 2.24) is 4.98 Å². The Balaban J connectivity index is 2.47. The quantitative estimate of drug-likeness (QED) is 0.740. The van der Waals surface area contributed by atoms with Crippen LogP contribution in [0.4, 0.5) is 0 Å². The molecule has 0 aliphatic heterocycles. The van der Waals surface area contributed by atoms with Crippen LogP contribution in [0.1, 0.15) is 15.9 Å². The molecule has 0 radical (unpaired) electrons. The third kappa shape index (κ3) is 2.33. The molecule has 0 aliphatic carbocycles. The number of carbonyl (C=O) groups is 1. The van der Waals surface area contributed by atoms with Gasteiger partial charge in [0.2, 0.25) is 0 Å². The van der Waals surface area contributed by atoms with E-state index in [2.05, 4.69) is 9.72 Å². The van der Waals surface area contributed by atoms with Gasteiger partial charge in [0.15, 0.2) is 0 Å². The molecule has 3 heteroatoms. The lowest BCUT2D eigenvalue weighted by molar-refractivity contribution is 0.0600. The number of hydrogen-bond donors (Lipinski definition) is 0. The van der Waals surface area contributed by atoms with Crippen LogP contribution in [0.2, 0.25) is 0 Å². The summed E-state index contributed by atoms with van der Waals surface area (Å²) in [5.74, 6) is -0.368. The minimum atomic E-state index is -0.368. The van der Waals surface area contributed by atoms with E-state index in [-0.39, 0.29) is 5.97 Å². The Morgan fingerprint density at radius 1 is 1.24 bits per heavy atom. The lowest BCUT2D eigenvalue weighted by Crippen LogP contribution is -2.01. The molecule has 0 aliphatic rings. The number of methoxy groups -OCH3 is 1. The first-order valence-corrected chi connectivity index (χ1v) is 5.31. The number of pyridine rings is 1. The molecule has 0 saturated carbocycles. The van der Waals surface area contributed by atoms with Crippen LogP contribution in [0, 0.1) is 6.92 Å². The zero-order valence-corrected chi connectivity index (χ0v) is 9.81. The van der Waals surface area contributed by atoms with Gasteiger partial charge < -0.3 is 4.74 Å². The van der Waals surface area contributed by atoms with Crippen molar-refractivity contribution in [3.63, 3.8) is 0 Å². The second-order valence-corrected chi connectivity index (χ2v) is 3.77. The first kappa shape index (κ1) is 11.3. The number of rotatable bonds is 2. The Morgan fingerprint density at radius 3 is 2.71 bits per heavy atom. The highest BCUT2D eigenvalue weighted by Crippen LogP contribution is 2.23. The first-order valence-electron chi connectivity index (χ1n) is 5.31. The van der Waals surface area contributed by atoms with Crippen LogP contribution in [0.5, 0.6) is 0 Å². The third-order valence-corrected chi connectivity index (χ3v) is 2.62. The molecule has 0 fully saturated rings. The predicted octanol–water partition coefficient (Wildman–Crippen LogP) is 2.84. The molecule has 1 aromatic carbocycles. The standard InChI is InChI=1S/C14H13NO2/c1-10-5-3-4-6-13(10)11-7-12(9-15-8-11)14(16)17-2/h3-9H,1-2H3. The Labute approximate surface area is 100 Å². The maximum absolute atomic E-state index is 11.4. The summed E-state index contributed by atoms with van der Waals surface area (Å²) in [7, 11) is 1.36. The van der Waals surface area contributed by atoms with Gasteiger partial charge in [0.05, 0.1) is 12.7 Å². The number of aryl methyl sites for hydroxylation is 1. The predicted molar refractivity (Wildman–Crippen MR) is 65.7 cm³/mol. The summed E-state index contributed by atoms with van der Waals surface area (Å²) in [5.41, 5.74) is 3.61. The molecule has 1 heterocycles. The average molecular weight is 227 g/mol. The minimum Gasteiger partial charge on any atom is -0.465 e. The molecule has 3 nitrogen and oxygen atoms in total. The Kier molecular flexibility index (Phi) is 3.19. The van der Waals surface area contributed by atoms with Crippen LogP contribution in [0.15, 0.2) is 42.7 Å². The molecule has 1 aromatic heterocycles. The van der Waals surface area contributed by atoms with E-state index in [9.17, 15) is 4.79 Å². The highest BCUT2D eigenvalue weighted by atomic mass is 16.5. The second-order valence-electron chi connectivity index (χ2n) is 3.77. The van der Waals surface area contributed by atoms with Gasteiger partial charge in [0.1, 0.15) is 0 Å². The topological polar surface area (TPSA) is 39.2 Å². The molecule has 86 valence electrons. The summed E-state index contributed by atoms with van der Waals surface area (Å²) in [5, 5.41) is 0. The molecule has 0 unspecified atom stereocenters. The van der Waals surface area contributed by atoms with E-state index in [0.29, 0.717) is 5.56 Å². The van der Waals surface area contributed by atoms with Crippen LogP contribution < -0.4 is 0 Å². The summed E-state index contributed by atoms with van der Waals surface area (Å²) in [6.45, 7) is 2.03. The summed E-state index contributed by atoms with van der Waals surface area (Å²) < 4.78 is 4.68. The normalized spacial score (nSPS) is 10.0. The van der Waals surface area contributed by atoms with Gasteiger partial charge in [-0.05, 0) is 24.1 Å². The van der Waals surface area contributed by atoms with Crippen molar-refractivity contribution in [2.24, 2.45) is 0 Å². The van der Waals surface area contributed by atoms with Crippen LogP contribution >= 0.6 is 0 Å². The molecule has 2 aromatic rings. The summed E-state index contributed by atoms with van der Waals surface area (Å²) in [6.07, 6.45) is 3.25. The number of benzene rings is 1. The van der Waals surface area contributed by atoms with Gasteiger partial charge in [-0.25, -0.2) is 4.79 Å². The lowest BCUT2D eigenvalue weighted by atomic mass is 10.0. The number of carbonyl (C=O) groups excluding carboxylic acids is 1. The molecule has 0 atom stereocenters. The molecule has 0 amide bonds. The molecule has 2 rings (SSSR count). The van der Waals surface area contributed by atoms with Crippen molar-refractivity contribution in [2.45, 2.75) is 6.92 Å². The van der Waals surface area contributed by atoms with Crippen LogP contribution in [-0.4, -0.2) is 18.1 Å². The van der Waals surface area contributed by atoms with Crippen LogP contribution in [-0.2, 0) is 4.74 Å². The fourth-order valence-corrected chi connectivity index (χ4v) is 1.71. The summed E-state index contributed by atoms with van der Waals surface area (Å²) in [6, 6.07) is 9.78. The van der Waals surface area contributed by atoms with E-state index in [4.69, 9.17) is 0 Å². The number of ether oxygens (including phenoxy) is 1. The van der Waals surface area contributed by atoms with Gasteiger partial charge in [0, 0.05) is 18.0 Å². The van der Waals surface area contributed by atoms with E-state index in [1.807, 2.05) is 31.2 Å². The van der Waals surface area contributed by atoms with Gasteiger partial charge in [-0.1, -0.05) is 24.3 Å². The van der Waals surface area contributed by atoms with Gasteiger partial charge in [-0.2, -0.15) is 0 Å². The van der Waals surface area contributed by atoms with Gasteiger partial charge >= 0.3 is 5.97 Å². The van der Waals surface area contributed by atoms with Crippen molar-refractivity contribution in [3.05, 3.63) is 53.9 Å². The van der Waals surface area contributed by atoms with Crippen molar-refractivity contribution >= 4 is 5.97 Å². The maximum atomic E-state index is 11.4. The number of nitrogens with zero attached hydrogens (tertiary/aromatic N) is 1. The number of aromatic nitrogens is 1. The van der Waals surface area contributed by atoms with Crippen molar-refractivity contribution in [1.29, 1.82) is 0 Å².